The van der Waals surface area contributed by atoms with E-state index in [1.54, 1.807) is 0 Å². The van der Waals surface area contributed by atoms with Gasteiger partial charge in [0.05, 0.1) is 5.33 Å². The third kappa shape index (κ3) is 2.43. The Balaban J connectivity index is 4.40. The maximum atomic E-state index is 10.9. The van der Waals surface area contributed by atoms with Gasteiger partial charge in [0.1, 0.15) is 0 Å². The molecule has 0 aromatic carbocycles. The largest absolute Gasteiger partial charge is 0.297 e. The van der Waals surface area contributed by atoms with E-state index < -0.39 is 3.23 Å². The molecule has 0 radical (unpaired) electrons. The first kappa shape index (κ1) is 10.8. The maximum absolute atomic E-state index is 10.9. The predicted octanol–water partition coefficient (Wildman–Crippen LogP) is 2.03. The van der Waals surface area contributed by atoms with Gasteiger partial charge in [-0.05, 0) is 6.92 Å². The van der Waals surface area contributed by atoms with E-state index in [0.29, 0.717) is 0 Å². The van der Waals surface area contributed by atoms with Gasteiger partial charge in [-0.15, -0.1) is 0 Å². The van der Waals surface area contributed by atoms with Gasteiger partial charge in [-0.25, -0.2) is 0 Å². The number of hydrogen-bond donors (Lipinski definition) is 0. The molecule has 0 saturated carbocycles. The van der Waals surface area contributed by atoms with Gasteiger partial charge in [0.2, 0.25) is 0 Å². The topological polar surface area (TPSA) is 34.1 Å². The number of hydrogen-bond acceptors (Lipinski definition) is 2. The van der Waals surface area contributed by atoms with Crippen molar-refractivity contribution >= 4 is 59.4 Å². The van der Waals surface area contributed by atoms with Crippen molar-refractivity contribution in [2.45, 2.75) is 10.2 Å². The van der Waals surface area contributed by atoms with Gasteiger partial charge in [0.15, 0.2) is 14.8 Å². The van der Waals surface area contributed by atoms with Crippen molar-refractivity contribution in [1.29, 1.82) is 0 Å². The van der Waals surface area contributed by atoms with Gasteiger partial charge in [-0.3, -0.25) is 9.59 Å². The number of halogens is 3. The Morgan fingerprint density at radius 1 is 1.40 bits per heavy atom. The maximum Gasteiger partial charge on any atom is 0.196 e. The summed E-state index contributed by atoms with van der Waals surface area (Å²) in [4.78, 5) is 21.6. The first-order valence-electron chi connectivity index (χ1n) is 2.41. The molecule has 0 amide bonds. The third-order valence-corrected chi connectivity index (χ3v) is 3.42. The molecule has 0 atom stereocenters. The first-order valence-corrected chi connectivity index (χ1v) is 5.11. The molecule has 0 rings (SSSR count). The fourth-order valence-electron chi connectivity index (χ4n) is 0.280. The Morgan fingerprint density at radius 3 is 1.90 bits per heavy atom. The smallest absolute Gasteiger partial charge is 0.196 e. The van der Waals surface area contributed by atoms with Crippen LogP contribution in [-0.4, -0.2) is 20.1 Å². The molecule has 0 aliphatic heterocycles. The lowest BCUT2D eigenvalue weighted by Crippen LogP contribution is -2.33. The molecular weight excluding hydrogens is 332 g/mol. The van der Waals surface area contributed by atoms with E-state index >= 15 is 0 Å². The van der Waals surface area contributed by atoms with E-state index in [9.17, 15) is 9.59 Å². The lowest BCUT2D eigenvalue weighted by molar-refractivity contribution is -0.124. The summed E-state index contributed by atoms with van der Waals surface area (Å²) in [5.74, 6) is -0.489. The fourth-order valence-corrected chi connectivity index (χ4v) is 1.73. The van der Waals surface area contributed by atoms with Crippen molar-refractivity contribution in [2.75, 3.05) is 5.33 Å². The molecule has 58 valence electrons. The zero-order valence-corrected chi connectivity index (χ0v) is 9.92. The van der Waals surface area contributed by atoms with E-state index in [-0.39, 0.29) is 16.9 Å². The molecule has 0 aliphatic rings. The molecule has 0 N–H and O–H groups in total. The Hall–Kier alpha value is 0.780. The van der Waals surface area contributed by atoms with Crippen LogP contribution in [0.4, 0.5) is 0 Å². The highest BCUT2D eigenvalue weighted by Crippen LogP contribution is 2.28. The SMILES string of the molecule is CC(=O)C(Br)(Br)C(=O)CBr. The molecule has 0 aromatic heterocycles. The zero-order chi connectivity index (χ0) is 8.36. The number of rotatable bonds is 3. The van der Waals surface area contributed by atoms with Crippen LogP contribution in [0.3, 0.4) is 0 Å². The number of ketones is 2. The second-order valence-electron chi connectivity index (χ2n) is 1.69. The van der Waals surface area contributed by atoms with Gasteiger partial charge in [-0.1, -0.05) is 47.8 Å². The monoisotopic (exact) mass is 334 g/mol. The van der Waals surface area contributed by atoms with Crippen LogP contribution in [-0.2, 0) is 9.59 Å². The highest BCUT2D eigenvalue weighted by molar-refractivity contribution is 9.26. The second kappa shape index (κ2) is 3.97. The summed E-state index contributed by atoms with van der Waals surface area (Å²) >= 11 is 8.88. The minimum atomic E-state index is -1.19. The van der Waals surface area contributed by atoms with Crippen molar-refractivity contribution < 1.29 is 9.59 Å². The van der Waals surface area contributed by atoms with E-state index in [2.05, 4.69) is 47.8 Å². The molecule has 0 aliphatic carbocycles. The Bertz CT molecular complexity index is 164. The molecule has 0 heterocycles. The zero-order valence-electron chi connectivity index (χ0n) is 5.16. The average Bonchev–Trinajstić information content (AvgIpc) is 1.86. The summed E-state index contributed by atoms with van der Waals surface area (Å²) in [6.07, 6.45) is 0. The van der Waals surface area contributed by atoms with Gasteiger partial charge < -0.3 is 0 Å². The van der Waals surface area contributed by atoms with Crippen LogP contribution < -0.4 is 0 Å². The van der Waals surface area contributed by atoms with Crippen molar-refractivity contribution in [3.05, 3.63) is 0 Å². The summed E-state index contributed by atoms with van der Waals surface area (Å²) in [6.45, 7) is 1.34. The molecule has 0 bridgehead atoms. The average molecular weight is 337 g/mol. The van der Waals surface area contributed by atoms with E-state index in [0.717, 1.165) is 0 Å². The van der Waals surface area contributed by atoms with Gasteiger partial charge in [0.25, 0.3) is 0 Å². The van der Waals surface area contributed by atoms with Crippen LogP contribution in [0.25, 0.3) is 0 Å². The van der Waals surface area contributed by atoms with Crippen LogP contribution in [0, 0.1) is 0 Å². The molecular formula is C5H5Br3O2. The van der Waals surface area contributed by atoms with Crippen molar-refractivity contribution in [1.82, 2.24) is 0 Å². The Morgan fingerprint density at radius 2 is 1.80 bits per heavy atom. The van der Waals surface area contributed by atoms with E-state index in [1.807, 2.05) is 0 Å². The number of Topliss-reactive ketones (excluding diaryl/α,β-unsaturated/α-hetero) is 2. The molecule has 0 saturated heterocycles. The van der Waals surface area contributed by atoms with Gasteiger partial charge in [-0.2, -0.15) is 0 Å². The Kier molecular flexibility index (Phi) is 4.28. The number of carbonyl (C=O) groups excluding carboxylic acids is 2. The van der Waals surface area contributed by atoms with Crippen LogP contribution in [0.15, 0.2) is 0 Å². The summed E-state index contributed by atoms with van der Waals surface area (Å²) in [5.41, 5.74) is 0. The van der Waals surface area contributed by atoms with Gasteiger partial charge in [0, 0.05) is 0 Å². The normalized spacial score (nSPS) is 11.2. The summed E-state index contributed by atoms with van der Waals surface area (Å²) in [5, 5.41) is 0.156. The quantitative estimate of drug-likeness (QED) is 0.584. The highest BCUT2D eigenvalue weighted by atomic mass is 79.9. The van der Waals surface area contributed by atoms with Gasteiger partial charge >= 0.3 is 0 Å². The van der Waals surface area contributed by atoms with Crippen molar-refractivity contribution in [3.63, 3.8) is 0 Å². The number of alkyl halides is 3. The minimum Gasteiger partial charge on any atom is -0.297 e. The lowest BCUT2D eigenvalue weighted by atomic mass is 10.2. The molecule has 0 fully saturated rings. The summed E-state index contributed by atoms with van der Waals surface area (Å²) < 4.78 is -1.19. The predicted molar refractivity (Wildman–Crippen MR) is 50.1 cm³/mol. The standard InChI is InChI=1S/C5H5Br3O2/c1-3(9)5(7,8)4(10)2-6/h2H2,1H3. The summed E-state index contributed by atoms with van der Waals surface area (Å²) in [6, 6.07) is 0. The minimum absolute atomic E-state index is 0.156. The van der Waals surface area contributed by atoms with Crippen LogP contribution >= 0.6 is 47.8 Å². The first-order chi connectivity index (χ1) is 4.42. The molecule has 10 heavy (non-hydrogen) atoms. The van der Waals surface area contributed by atoms with Crippen molar-refractivity contribution in [3.8, 4) is 0 Å². The van der Waals surface area contributed by atoms with Crippen LogP contribution in [0.5, 0.6) is 0 Å². The molecule has 2 nitrogen and oxygen atoms in total. The fraction of sp³-hybridized carbons (Fsp3) is 0.600. The van der Waals surface area contributed by atoms with E-state index in [1.165, 1.54) is 6.92 Å². The number of carbonyl (C=O) groups is 2. The summed E-state index contributed by atoms with van der Waals surface area (Å²) in [7, 11) is 0. The third-order valence-electron chi connectivity index (χ3n) is 0.914. The Labute approximate surface area is 84.1 Å². The molecule has 5 heteroatoms. The highest BCUT2D eigenvalue weighted by Gasteiger charge is 2.36. The lowest BCUT2D eigenvalue weighted by Gasteiger charge is -2.12. The van der Waals surface area contributed by atoms with Crippen LogP contribution in [0.2, 0.25) is 0 Å². The molecule has 0 unspecified atom stereocenters. The van der Waals surface area contributed by atoms with E-state index in [4.69, 9.17) is 0 Å². The second-order valence-corrected chi connectivity index (χ2v) is 5.69. The molecule has 0 aromatic rings. The van der Waals surface area contributed by atoms with Crippen LogP contribution in [0.1, 0.15) is 6.92 Å². The van der Waals surface area contributed by atoms with Crippen molar-refractivity contribution in [2.24, 2.45) is 0 Å². The molecule has 0 spiro atoms.